The molecule has 0 aliphatic rings. The first kappa shape index (κ1) is 17.2. The van der Waals surface area contributed by atoms with Crippen molar-refractivity contribution in [3.8, 4) is 0 Å². The van der Waals surface area contributed by atoms with Crippen molar-refractivity contribution in [2.75, 3.05) is 11.5 Å². The Morgan fingerprint density at radius 1 is 1.00 bits per heavy atom. The lowest BCUT2D eigenvalue weighted by atomic mass is 10.4. The fourth-order valence-electron chi connectivity index (χ4n) is 0.385. The van der Waals surface area contributed by atoms with E-state index < -0.39 is 24.0 Å². The van der Waals surface area contributed by atoms with Crippen molar-refractivity contribution in [2.24, 2.45) is 11.5 Å². The highest BCUT2D eigenvalue weighted by Gasteiger charge is 2.14. The number of carboxylic acid groups (broad SMARTS) is 2. The van der Waals surface area contributed by atoms with Gasteiger partial charge in [-0.25, -0.2) is 0 Å². The lowest BCUT2D eigenvalue weighted by molar-refractivity contribution is -0.138. The summed E-state index contributed by atoms with van der Waals surface area (Å²) >= 11 is 0. The predicted octanol–water partition coefficient (Wildman–Crippen LogP) is -1.19. The second-order valence-corrected chi connectivity index (χ2v) is 5.01. The molecule has 0 spiro atoms. The molecule has 0 amide bonds. The molecule has 0 rings (SSSR count). The molecule has 0 bridgehead atoms. The Morgan fingerprint density at radius 2 is 1.27 bits per heavy atom. The smallest absolute Gasteiger partial charge is 0.321 e. The molecular weight excluding hydrogens is 256 g/mol. The summed E-state index contributed by atoms with van der Waals surface area (Å²) in [5, 5.41) is 16.8. The molecule has 0 aromatic carbocycles. The van der Waals surface area contributed by atoms with Gasteiger partial charge in [-0.15, -0.1) is 0 Å². The van der Waals surface area contributed by atoms with Crippen LogP contribution >= 0.6 is 21.6 Å². The van der Waals surface area contributed by atoms with Crippen LogP contribution in [0.3, 0.4) is 0 Å². The van der Waals surface area contributed by atoms with Crippen molar-refractivity contribution >= 4 is 44.5 Å². The van der Waals surface area contributed by atoms with Crippen LogP contribution in [0.15, 0.2) is 0 Å². The highest BCUT2D eigenvalue weighted by molar-refractivity contribution is 8.76. The third kappa shape index (κ3) is 8.75. The lowest BCUT2D eigenvalue weighted by Crippen LogP contribution is -2.33. The van der Waals surface area contributed by atoms with Gasteiger partial charge in [0, 0.05) is 22.5 Å². The van der Waals surface area contributed by atoms with Gasteiger partial charge < -0.3 is 21.7 Å². The standard InChI is InChI=1S/C6H12N2O4S2.Si/c7-3(5(9)10)1-13-14-2-4(8)6(11)12;/h3-4H,1-2,7-8H2,(H,9,10)(H,11,12);/t3-,4-;/m0./s1. The molecular formula is C6H12N2O4S2Si. The van der Waals surface area contributed by atoms with Crippen LogP contribution in [0.5, 0.6) is 0 Å². The molecule has 0 saturated carbocycles. The maximum absolute atomic E-state index is 10.3. The molecule has 4 radical (unpaired) electrons. The van der Waals surface area contributed by atoms with Crippen LogP contribution < -0.4 is 11.5 Å². The zero-order valence-corrected chi connectivity index (χ0v) is 10.4. The highest BCUT2D eigenvalue weighted by Crippen LogP contribution is 2.22. The molecule has 6 nitrogen and oxygen atoms in total. The summed E-state index contributed by atoms with van der Waals surface area (Å²) in [6, 6.07) is -1.85. The topological polar surface area (TPSA) is 127 Å². The van der Waals surface area contributed by atoms with Crippen LogP contribution in [-0.2, 0) is 9.59 Å². The first-order valence-corrected chi connectivity index (χ1v) is 6.15. The summed E-state index contributed by atoms with van der Waals surface area (Å²) in [5.41, 5.74) is 10.4. The van der Waals surface area contributed by atoms with Crippen molar-refractivity contribution < 1.29 is 19.8 Å². The van der Waals surface area contributed by atoms with Crippen LogP contribution in [0.2, 0.25) is 0 Å². The van der Waals surface area contributed by atoms with Crippen molar-refractivity contribution in [1.82, 2.24) is 0 Å². The summed E-state index contributed by atoms with van der Waals surface area (Å²) in [6.07, 6.45) is 0. The Balaban J connectivity index is 0. The van der Waals surface area contributed by atoms with Gasteiger partial charge >= 0.3 is 11.9 Å². The molecule has 86 valence electrons. The fraction of sp³-hybridized carbons (Fsp3) is 0.667. The summed E-state index contributed by atoms with van der Waals surface area (Å²) < 4.78 is 0. The largest absolute Gasteiger partial charge is 0.480 e. The molecule has 6 N–H and O–H groups in total. The third-order valence-electron chi connectivity index (χ3n) is 1.21. The molecule has 2 atom stereocenters. The Hall–Kier alpha value is -0.223. The lowest BCUT2D eigenvalue weighted by Gasteiger charge is -2.07. The Labute approximate surface area is 99.6 Å². The normalized spacial score (nSPS) is 13.7. The molecule has 15 heavy (non-hydrogen) atoms. The molecule has 0 fully saturated rings. The van der Waals surface area contributed by atoms with Gasteiger partial charge in [0.1, 0.15) is 12.1 Å². The number of aliphatic carboxylic acids is 2. The number of hydrogen-bond donors (Lipinski definition) is 4. The molecule has 9 heteroatoms. The average Bonchev–Trinajstić information content (AvgIpc) is 2.11. The SMILES string of the molecule is N[C@@H](CSSC[C@H](N)C(=O)O)C(=O)O.[Si]. The zero-order chi connectivity index (χ0) is 11.1. The molecule has 0 heterocycles. The van der Waals surface area contributed by atoms with Crippen molar-refractivity contribution in [1.29, 1.82) is 0 Å². The number of hydrogen-bond acceptors (Lipinski definition) is 6. The maximum atomic E-state index is 10.3. The van der Waals surface area contributed by atoms with Crippen LogP contribution in [0, 0.1) is 0 Å². The van der Waals surface area contributed by atoms with Gasteiger partial charge in [0.25, 0.3) is 0 Å². The van der Waals surface area contributed by atoms with E-state index in [2.05, 4.69) is 0 Å². The van der Waals surface area contributed by atoms with Crippen LogP contribution in [0.1, 0.15) is 0 Å². The minimum atomic E-state index is -1.07. The highest BCUT2D eigenvalue weighted by atomic mass is 33.1. The number of carboxylic acids is 2. The Bertz CT molecular complexity index is 197. The average molecular weight is 268 g/mol. The van der Waals surface area contributed by atoms with Crippen LogP contribution in [0.4, 0.5) is 0 Å². The monoisotopic (exact) mass is 268 g/mol. The van der Waals surface area contributed by atoms with E-state index in [4.69, 9.17) is 21.7 Å². The third-order valence-corrected chi connectivity index (χ3v) is 3.69. The first-order chi connectivity index (χ1) is 6.45. The molecule has 0 aromatic rings. The zero-order valence-electron chi connectivity index (χ0n) is 7.75. The van der Waals surface area contributed by atoms with Crippen molar-refractivity contribution in [2.45, 2.75) is 12.1 Å². The van der Waals surface area contributed by atoms with E-state index in [1.807, 2.05) is 0 Å². The van der Waals surface area contributed by atoms with Gasteiger partial charge in [-0.3, -0.25) is 9.59 Å². The van der Waals surface area contributed by atoms with Gasteiger partial charge in [0.15, 0.2) is 0 Å². The van der Waals surface area contributed by atoms with E-state index in [0.29, 0.717) is 0 Å². The second-order valence-electron chi connectivity index (χ2n) is 2.46. The van der Waals surface area contributed by atoms with E-state index in [1.54, 1.807) is 0 Å². The fourth-order valence-corrected chi connectivity index (χ4v) is 2.61. The number of nitrogens with two attached hydrogens (primary N) is 2. The Kier molecular flexibility index (Phi) is 10.3. The molecule has 0 aliphatic heterocycles. The predicted molar refractivity (Wildman–Crippen MR) is 61.9 cm³/mol. The number of carbonyl (C=O) groups is 2. The van der Waals surface area contributed by atoms with E-state index in [-0.39, 0.29) is 22.5 Å². The van der Waals surface area contributed by atoms with E-state index in [1.165, 1.54) is 21.6 Å². The molecule has 0 aliphatic carbocycles. The summed E-state index contributed by atoms with van der Waals surface area (Å²) in [4.78, 5) is 20.5. The van der Waals surface area contributed by atoms with E-state index in [9.17, 15) is 9.59 Å². The second kappa shape index (κ2) is 9.04. The Morgan fingerprint density at radius 3 is 1.47 bits per heavy atom. The summed E-state index contributed by atoms with van der Waals surface area (Å²) in [7, 11) is 2.41. The summed E-state index contributed by atoms with van der Waals surface area (Å²) in [6.45, 7) is 0. The van der Waals surface area contributed by atoms with Gasteiger partial charge in [0.2, 0.25) is 0 Å². The van der Waals surface area contributed by atoms with E-state index >= 15 is 0 Å². The van der Waals surface area contributed by atoms with Gasteiger partial charge in [-0.1, -0.05) is 21.6 Å². The first-order valence-electron chi connectivity index (χ1n) is 3.66. The maximum Gasteiger partial charge on any atom is 0.321 e. The van der Waals surface area contributed by atoms with E-state index in [0.717, 1.165) is 0 Å². The minimum Gasteiger partial charge on any atom is -0.480 e. The minimum absolute atomic E-state index is 0. The van der Waals surface area contributed by atoms with Crippen LogP contribution in [-0.4, -0.2) is 56.7 Å². The molecule has 0 unspecified atom stereocenters. The van der Waals surface area contributed by atoms with Gasteiger partial charge in [0.05, 0.1) is 0 Å². The van der Waals surface area contributed by atoms with Crippen molar-refractivity contribution in [3.63, 3.8) is 0 Å². The van der Waals surface area contributed by atoms with Gasteiger partial charge in [-0.2, -0.15) is 0 Å². The quantitative estimate of drug-likeness (QED) is 0.258. The molecule has 0 saturated heterocycles. The van der Waals surface area contributed by atoms with Crippen LogP contribution in [0.25, 0.3) is 0 Å². The number of rotatable bonds is 7. The van der Waals surface area contributed by atoms with Gasteiger partial charge in [-0.05, 0) is 0 Å². The molecule has 0 aromatic heterocycles. The summed E-state index contributed by atoms with van der Waals surface area (Å²) in [5.74, 6) is -1.68. The van der Waals surface area contributed by atoms with Crippen molar-refractivity contribution in [3.05, 3.63) is 0 Å².